The van der Waals surface area contributed by atoms with Crippen LogP contribution in [0.1, 0.15) is 31.2 Å². The molecule has 1 fully saturated rings. The van der Waals surface area contributed by atoms with Gasteiger partial charge < -0.3 is 16.0 Å². The summed E-state index contributed by atoms with van der Waals surface area (Å²) in [5.74, 6) is 0.890. The van der Waals surface area contributed by atoms with Crippen LogP contribution >= 0.6 is 15.9 Å². The van der Waals surface area contributed by atoms with Gasteiger partial charge in [0.25, 0.3) is 0 Å². The molecule has 0 radical (unpaired) electrons. The SMILES string of the molecule is Cc1c(N)cnc(NCCN2CCCCCC2)c1Br. The molecule has 0 bridgehead atoms. The van der Waals surface area contributed by atoms with E-state index in [0.29, 0.717) is 0 Å². The number of halogens is 1. The van der Waals surface area contributed by atoms with Gasteiger partial charge in [0.1, 0.15) is 5.82 Å². The van der Waals surface area contributed by atoms with E-state index in [1.54, 1.807) is 6.20 Å². The summed E-state index contributed by atoms with van der Waals surface area (Å²) in [6.07, 6.45) is 7.16. The summed E-state index contributed by atoms with van der Waals surface area (Å²) in [7, 11) is 0. The molecule has 2 rings (SSSR count). The highest BCUT2D eigenvalue weighted by molar-refractivity contribution is 9.10. The van der Waals surface area contributed by atoms with Crippen LogP contribution in [0.5, 0.6) is 0 Å². The molecule has 0 atom stereocenters. The third-order valence-electron chi connectivity index (χ3n) is 3.72. The highest BCUT2D eigenvalue weighted by atomic mass is 79.9. The molecule has 1 aromatic rings. The van der Waals surface area contributed by atoms with E-state index in [9.17, 15) is 0 Å². The van der Waals surface area contributed by atoms with Gasteiger partial charge in [-0.05, 0) is 54.3 Å². The second kappa shape index (κ2) is 7.10. The Labute approximate surface area is 123 Å². The minimum Gasteiger partial charge on any atom is -0.397 e. The van der Waals surface area contributed by atoms with Crippen LogP contribution in [0, 0.1) is 6.92 Å². The van der Waals surface area contributed by atoms with Crippen LogP contribution in [0.25, 0.3) is 0 Å². The van der Waals surface area contributed by atoms with Crippen molar-refractivity contribution in [3.63, 3.8) is 0 Å². The minimum atomic E-state index is 0.727. The molecule has 5 heteroatoms. The van der Waals surface area contributed by atoms with Gasteiger partial charge in [0.05, 0.1) is 16.4 Å². The number of nitrogens with zero attached hydrogens (tertiary/aromatic N) is 2. The van der Waals surface area contributed by atoms with E-state index in [1.165, 1.54) is 38.8 Å². The number of aromatic nitrogens is 1. The largest absolute Gasteiger partial charge is 0.397 e. The molecule has 4 nitrogen and oxygen atoms in total. The third kappa shape index (κ3) is 4.08. The molecule has 0 unspecified atom stereocenters. The molecule has 1 aliphatic heterocycles. The molecular weight excluding hydrogens is 304 g/mol. The topological polar surface area (TPSA) is 54.2 Å². The van der Waals surface area contributed by atoms with Crippen molar-refractivity contribution in [2.24, 2.45) is 0 Å². The molecule has 2 heterocycles. The Kier molecular flexibility index (Phi) is 5.45. The van der Waals surface area contributed by atoms with E-state index in [-0.39, 0.29) is 0 Å². The third-order valence-corrected chi connectivity index (χ3v) is 4.69. The number of pyridine rings is 1. The molecule has 19 heavy (non-hydrogen) atoms. The Hall–Kier alpha value is -0.810. The number of nitrogen functional groups attached to an aromatic ring is 1. The van der Waals surface area contributed by atoms with Crippen LogP contribution in [-0.2, 0) is 0 Å². The Morgan fingerprint density at radius 3 is 2.68 bits per heavy atom. The quantitative estimate of drug-likeness (QED) is 0.893. The van der Waals surface area contributed by atoms with Gasteiger partial charge >= 0.3 is 0 Å². The van der Waals surface area contributed by atoms with E-state index >= 15 is 0 Å². The molecule has 1 aromatic heterocycles. The van der Waals surface area contributed by atoms with Gasteiger partial charge in [0.15, 0.2) is 0 Å². The van der Waals surface area contributed by atoms with Gasteiger partial charge in [-0.25, -0.2) is 4.98 Å². The van der Waals surface area contributed by atoms with E-state index in [1.807, 2.05) is 6.92 Å². The molecule has 106 valence electrons. The van der Waals surface area contributed by atoms with Crippen molar-refractivity contribution in [3.8, 4) is 0 Å². The maximum Gasteiger partial charge on any atom is 0.140 e. The van der Waals surface area contributed by atoms with Gasteiger partial charge in [-0.1, -0.05) is 12.8 Å². The fourth-order valence-electron chi connectivity index (χ4n) is 2.41. The van der Waals surface area contributed by atoms with Crippen molar-refractivity contribution < 1.29 is 0 Å². The zero-order chi connectivity index (χ0) is 13.7. The first-order chi connectivity index (χ1) is 9.18. The van der Waals surface area contributed by atoms with E-state index in [0.717, 1.165) is 34.6 Å². The smallest absolute Gasteiger partial charge is 0.140 e. The maximum absolute atomic E-state index is 5.82. The van der Waals surface area contributed by atoms with E-state index < -0.39 is 0 Å². The van der Waals surface area contributed by atoms with Crippen molar-refractivity contribution in [2.45, 2.75) is 32.6 Å². The molecule has 0 aliphatic carbocycles. The molecule has 0 spiro atoms. The van der Waals surface area contributed by atoms with Crippen LogP contribution in [0.3, 0.4) is 0 Å². The van der Waals surface area contributed by atoms with Gasteiger partial charge in [0.2, 0.25) is 0 Å². The summed E-state index contributed by atoms with van der Waals surface area (Å²) in [4.78, 5) is 6.88. The number of hydrogen-bond acceptors (Lipinski definition) is 4. The van der Waals surface area contributed by atoms with Crippen LogP contribution < -0.4 is 11.1 Å². The molecular formula is C14H23BrN4. The van der Waals surface area contributed by atoms with Crippen molar-refractivity contribution in [1.82, 2.24) is 9.88 Å². The van der Waals surface area contributed by atoms with Gasteiger partial charge in [-0.3, -0.25) is 0 Å². The Bertz CT molecular complexity index is 414. The van der Waals surface area contributed by atoms with Crippen molar-refractivity contribution >= 4 is 27.4 Å². The number of hydrogen-bond donors (Lipinski definition) is 2. The van der Waals surface area contributed by atoms with Gasteiger partial charge in [-0.2, -0.15) is 0 Å². The zero-order valence-electron chi connectivity index (χ0n) is 11.6. The van der Waals surface area contributed by atoms with Crippen LogP contribution in [0.4, 0.5) is 11.5 Å². The Morgan fingerprint density at radius 2 is 2.00 bits per heavy atom. The lowest BCUT2D eigenvalue weighted by molar-refractivity contribution is 0.296. The van der Waals surface area contributed by atoms with E-state index in [4.69, 9.17) is 5.73 Å². The standard InChI is InChI=1S/C14H23BrN4/c1-11-12(16)10-18-14(13(11)15)17-6-9-19-7-4-2-3-5-8-19/h10H,2-9,16H2,1H3,(H,17,18). The second-order valence-corrected chi connectivity index (χ2v) is 5.98. The first kappa shape index (κ1) is 14.6. The number of nitrogens with two attached hydrogens (primary N) is 1. The molecule has 1 saturated heterocycles. The summed E-state index contributed by atoms with van der Waals surface area (Å²) in [5.41, 5.74) is 7.60. The summed E-state index contributed by atoms with van der Waals surface area (Å²) in [6, 6.07) is 0. The second-order valence-electron chi connectivity index (χ2n) is 5.18. The summed E-state index contributed by atoms with van der Waals surface area (Å²) in [6.45, 7) is 6.47. The first-order valence-electron chi connectivity index (χ1n) is 7.05. The van der Waals surface area contributed by atoms with Crippen molar-refractivity contribution in [3.05, 3.63) is 16.2 Å². The lowest BCUT2D eigenvalue weighted by Gasteiger charge is -2.20. The Balaban J connectivity index is 1.83. The van der Waals surface area contributed by atoms with Crippen LogP contribution in [0.2, 0.25) is 0 Å². The van der Waals surface area contributed by atoms with Crippen molar-refractivity contribution in [1.29, 1.82) is 0 Å². The molecule has 0 amide bonds. The minimum absolute atomic E-state index is 0.727. The van der Waals surface area contributed by atoms with E-state index in [2.05, 4.69) is 31.1 Å². The monoisotopic (exact) mass is 326 g/mol. The lowest BCUT2D eigenvalue weighted by atomic mass is 10.2. The molecule has 1 aliphatic rings. The number of nitrogens with one attached hydrogen (secondary N) is 1. The molecule has 0 aromatic carbocycles. The van der Waals surface area contributed by atoms with Crippen molar-refractivity contribution in [2.75, 3.05) is 37.2 Å². The summed E-state index contributed by atoms with van der Waals surface area (Å²) in [5, 5.41) is 3.39. The Morgan fingerprint density at radius 1 is 1.32 bits per heavy atom. The average Bonchev–Trinajstić information content (AvgIpc) is 2.67. The highest BCUT2D eigenvalue weighted by Crippen LogP contribution is 2.27. The molecule has 0 saturated carbocycles. The van der Waals surface area contributed by atoms with Crippen LogP contribution in [-0.4, -0.2) is 36.1 Å². The normalized spacial score (nSPS) is 17.2. The van der Waals surface area contributed by atoms with Gasteiger partial charge in [0, 0.05) is 13.1 Å². The lowest BCUT2D eigenvalue weighted by Crippen LogP contribution is -2.30. The highest BCUT2D eigenvalue weighted by Gasteiger charge is 2.10. The molecule has 3 N–H and O–H groups in total. The number of likely N-dealkylation sites (tertiary alicyclic amines) is 1. The average molecular weight is 327 g/mol. The van der Waals surface area contributed by atoms with Gasteiger partial charge in [-0.15, -0.1) is 0 Å². The first-order valence-corrected chi connectivity index (χ1v) is 7.84. The fourth-order valence-corrected chi connectivity index (χ4v) is 2.88. The number of anilines is 2. The fraction of sp³-hybridized carbons (Fsp3) is 0.643. The predicted molar refractivity (Wildman–Crippen MR) is 84.5 cm³/mol. The summed E-state index contributed by atoms with van der Waals surface area (Å²) < 4.78 is 0.975. The maximum atomic E-state index is 5.82. The zero-order valence-corrected chi connectivity index (χ0v) is 13.2. The summed E-state index contributed by atoms with van der Waals surface area (Å²) >= 11 is 3.55. The predicted octanol–water partition coefficient (Wildman–Crippen LogP) is 3.02. The van der Waals surface area contributed by atoms with Crippen LogP contribution in [0.15, 0.2) is 10.7 Å². The number of rotatable bonds is 4.